The van der Waals surface area contributed by atoms with Crippen LogP contribution in [-0.4, -0.2) is 71.6 Å². The van der Waals surface area contributed by atoms with Gasteiger partial charge in [0, 0.05) is 71.3 Å². The number of hydrogen-bond donors (Lipinski definition) is 0. The van der Waals surface area contributed by atoms with Crippen molar-refractivity contribution in [3.8, 4) is 39.6 Å². The van der Waals surface area contributed by atoms with Gasteiger partial charge < -0.3 is 28.4 Å². The number of aromatic nitrogens is 3. The number of rotatable bonds is 7. The first-order chi connectivity index (χ1) is 20.3. The third-order valence-corrected chi connectivity index (χ3v) is 7.32. The van der Waals surface area contributed by atoms with Gasteiger partial charge in [0.05, 0.1) is 42.4 Å². The fraction of sp³-hybridized carbons (Fsp3) is 0.333. The molecule has 6 rings (SSSR count). The zero-order chi connectivity index (χ0) is 30.7. The van der Waals surface area contributed by atoms with Crippen LogP contribution in [0.3, 0.4) is 0 Å². The lowest BCUT2D eigenvalue weighted by Crippen LogP contribution is -2.58. The molecule has 1 saturated heterocycles. The molecule has 3 aromatic heterocycles. The van der Waals surface area contributed by atoms with Crippen molar-refractivity contribution < 1.29 is 32.0 Å². The van der Waals surface area contributed by atoms with E-state index in [2.05, 4.69) is 5.10 Å². The van der Waals surface area contributed by atoms with Crippen LogP contribution >= 0.6 is 11.3 Å². The van der Waals surface area contributed by atoms with Gasteiger partial charge in [0.2, 0.25) is 0 Å². The van der Waals surface area contributed by atoms with E-state index in [1.807, 2.05) is 53.0 Å². The summed E-state index contributed by atoms with van der Waals surface area (Å²) in [6, 6.07) is 7.49. The second-order valence-corrected chi connectivity index (χ2v) is 9.92. The van der Waals surface area contributed by atoms with Crippen molar-refractivity contribution in [3.05, 3.63) is 58.7 Å². The fourth-order valence-electron chi connectivity index (χ4n) is 4.67. The highest BCUT2D eigenvalue weighted by Crippen LogP contribution is 2.46. The highest BCUT2D eigenvalue weighted by atomic mass is 32.1. The Morgan fingerprint density at radius 2 is 2.22 bits per heavy atom. The van der Waals surface area contributed by atoms with Gasteiger partial charge in [-0.2, -0.15) is 16.4 Å². The third kappa shape index (κ3) is 3.92. The number of aryl methyl sites for hydroxylation is 1. The molecule has 0 bridgehead atoms. The van der Waals surface area contributed by atoms with Gasteiger partial charge in [0.1, 0.15) is 23.7 Å². The number of methoxy groups -OCH3 is 2. The van der Waals surface area contributed by atoms with Crippen LogP contribution in [0.4, 0.5) is 0 Å². The van der Waals surface area contributed by atoms with Crippen LogP contribution in [0.2, 0.25) is 0 Å². The molecule has 2 aliphatic heterocycles. The van der Waals surface area contributed by atoms with E-state index in [0.29, 0.717) is 38.9 Å². The Bertz CT molecular complexity index is 1670. The average molecular weight is 527 g/mol. The number of fused-ring (bicyclic) bond motifs is 3. The van der Waals surface area contributed by atoms with Crippen molar-refractivity contribution in [2.24, 2.45) is 7.05 Å². The molecule has 0 N–H and O–H groups in total. The fourth-order valence-corrected chi connectivity index (χ4v) is 5.29. The van der Waals surface area contributed by atoms with Gasteiger partial charge in [-0.3, -0.25) is 4.79 Å². The minimum Gasteiger partial charge on any atom is -0.496 e. The number of carbonyl (C=O) groups excluding carboxylic acids is 1. The van der Waals surface area contributed by atoms with Crippen LogP contribution in [0.25, 0.3) is 28.1 Å². The van der Waals surface area contributed by atoms with Crippen LogP contribution in [0.15, 0.2) is 47.4 Å². The van der Waals surface area contributed by atoms with Gasteiger partial charge in [-0.05, 0) is 23.6 Å². The monoisotopic (exact) mass is 526 g/mol. The summed E-state index contributed by atoms with van der Waals surface area (Å²) in [6.07, 6.45) is 3.87. The normalized spacial score (nSPS) is 18.4. The summed E-state index contributed by atoms with van der Waals surface area (Å²) >= 11 is 1.44. The molecule has 37 heavy (non-hydrogen) atoms. The molecule has 0 atom stereocenters. The molecule has 192 valence electrons. The van der Waals surface area contributed by atoms with E-state index in [9.17, 15) is 4.79 Å². The Morgan fingerprint density at radius 3 is 2.86 bits per heavy atom. The van der Waals surface area contributed by atoms with Gasteiger partial charge in [-0.25, -0.2) is 4.68 Å². The topological polar surface area (TPSA) is 80.0 Å². The minimum atomic E-state index is -2.93. The summed E-state index contributed by atoms with van der Waals surface area (Å²) < 4.78 is 72.9. The molecule has 1 aromatic carbocycles. The van der Waals surface area contributed by atoms with Crippen LogP contribution in [0, 0.1) is 0 Å². The molecular formula is C27H28N4O5S. The van der Waals surface area contributed by atoms with Crippen molar-refractivity contribution in [2.75, 3.05) is 40.9 Å². The minimum absolute atomic E-state index is 0.0593. The van der Waals surface area contributed by atoms with Gasteiger partial charge in [-0.15, -0.1) is 0 Å². The maximum atomic E-state index is 14.1. The van der Waals surface area contributed by atoms with Crippen LogP contribution in [-0.2, 0) is 23.1 Å². The van der Waals surface area contributed by atoms with E-state index in [0.717, 1.165) is 11.1 Å². The summed E-state index contributed by atoms with van der Waals surface area (Å²) in [4.78, 5) is 14.7. The second-order valence-electron chi connectivity index (χ2n) is 9.14. The van der Waals surface area contributed by atoms with Gasteiger partial charge in [-0.1, -0.05) is 0 Å². The zero-order valence-electron chi connectivity index (χ0n) is 26.2. The first-order valence-corrected chi connectivity index (χ1v) is 12.4. The summed E-state index contributed by atoms with van der Waals surface area (Å²) in [7, 11) is 0.675. The van der Waals surface area contributed by atoms with E-state index < -0.39 is 32.1 Å². The predicted molar refractivity (Wildman–Crippen MR) is 140 cm³/mol. The molecule has 0 saturated carbocycles. The molecular weight excluding hydrogens is 492 g/mol. The standard InChI is InChI=1S/C27H28N4O5S/c1-29-7-5-17(11-29)19-9-20-23(10-22(19)33-3)36-12-21-24(28-31(25(20)21)18-6-8-37-13-18)26(32)30(2)14-27(34-4)15-35-16-27/h5-11,13H,12,14-16H2,1-4H3/i2D3,4D3. The van der Waals surface area contributed by atoms with E-state index in [1.54, 1.807) is 17.9 Å². The number of likely N-dealkylation sites (N-methyl/N-ethyl adjacent to an activating group) is 1. The van der Waals surface area contributed by atoms with Crippen molar-refractivity contribution in [2.45, 2.75) is 12.2 Å². The SMILES string of the molecule is [2H]C([2H])([2H])OC1(CN(C(=O)c2nn(-c3ccsc3)c3c2COc2cc(OC)c(-c4ccn(C)c4)cc2-3)C([2H])([2H])[2H])COC1. The lowest BCUT2D eigenvalue weighted by atomic mass is 9.96. The van der Waals surface area contributed by atoms with Crippen molar-refractivity contribution in [1.82, 2.24) is 19.2 Å². The Hall–Kier alpha value is -3.60. The average Bonchev–Trinajstić information content (AvgIpc) is 3.67. The highest BCUT2D eigenvalue weighted by Gasteiger charge is 2.42. The molecule has 0 aliphatic carbocycles. The molecule has 2 aliphatic rings. The first kappa shape index (κ1) is 17.8. The summed E-state index contributed by atoms with van der Waals surface area (Å²) in [5.41, 5.74) is 2.38. The van der Waals surface area contributed by atoms with Crippen LogP contribution in [0.1, 0.15) is 24.3 Å². The summed E-state index contributed by atoms with van der Waals surface area (Å²) in [5, 5.41) is 8.39. The quantitative estimate of drug-likeness (QED) is 0.362. The van der Waals surface area contributed by atoms with Crippen LogP contribution < -0.4 is 9.47 Å². The molecule has 1 amide bonds. The number of nitrogens with zero attached hydrogens (tertiary/aromatic N) is 4. The summed E-state index contributed by atoms with van der Waals surface area (Å²) in [6.45, 7) is -3.87. The number of hydrogen-bond acceptors (Lipinski definition) is 7. The maximum Gasteiger partial charge on any atom is 0.274 e. The highest BCUT2D eigenvalue weighted by molar-refractivity contribution is 7.08. The third-order valence-electron chi connectivity index (χ3n) is 6.65. The molecule has 5 heterocycles. The molecule has 10 heteroatoms. The number of thiophene rings is 1. The van der Waals surface area contributed by atoms with E-state index in [-0.39, 0.29) is 25.5 Å². The first-order valence-electron chi connectivity index (χ1n) is 14.5. The van der Waals surface area contributed by atoms with Crippen molar-refractivity contribution in [3.63, 3.8) is 0 Å². The van der Waals surface area contributed by atoms with Gasteiger partial charge >= 0.3 is 0 Å². The molecule has 4 aromatic rings. The van der Waals surface area contributed by atoms with E-state index >= 15 is 0 Å². The lowest BCUT2D eigenvalue weighted by Gasteiger charge is -2.42. The van der Waals surface area contributed by atoms with Crippen molar-refractivity contribution in [1.29, 1.82) is 0 Å². The smallest absolute Gasteiger partial charge is 0.274 e. The molecule has 0 spiro atoms. The van der Waals surface area contributed by atoms with Gasteiger partial charge in [0.15, 0.2) is 5.69 Å². The van der Waals surface area contributed by atoms with Crippen LogP contribution in [0.5, 0.6) is 11.5 Å². The number of benzene rings is 1. The Labute approximate surface area is 227 Å². The maximum absolute atomic E-state index is 14.1. The summed E-state index contributed by atoms with van der Waals surface area (Å²) in [5.74, 6) is 0.209. The molecule has 0 radical (unpaired) electrons. The number of ether oxygens (including phenoxy) is 4. The second kappa shape index (κ2) is 9.05. The van der Waals surface area contributed by atoms with E-state index in [1.165, 1.54) is 11.3 Å². The zero-order valence-corrected chi connectivity index (χ0v) is 21.0. The Kier molecular flexibility index (Phi) is 4.35. The molecule has 9 nitrogen and oxygen atoms in total. The predicted octanol–water partition coefficient (Wildman–Crippen LogP) is 3.99. The Morgan fingerprint density at radius 1 is 1.32 bits per heavy atom. The lowest BCUT2D eigenvalue weighted by molar-refractivity contribution is -0.199. The molecule has 0 unspecified atom stereocenters. The van der Waals surface area contributed by atoms with Crippen molar-refractivity contribution >= 4 is 17.2 Å². The van der Waals surface area contributed by atoms with E-state index in [4.69, 9.17) is 27.2 Å². The number of amides is 1. The number of carbonyl (C=O) groups is 1. The Balaban J connectivity index is 1.49. The molecule has 1 fully saturated rings. The largest absolute Gasteiger partial charge is 0.496 e. The van der Waals surface area contributed by atoms with Gasteiger partial charge in [0.25, 0.3) is 5.91 Å².